The molecular formula is C7H14FNO. The lowest BCUT2D eigenvalue weighted by atomic mass is 10.2. The first-order chi connectivity index (χ1) is 4.83. The maximum atomic E-state index is 11.6. The Balaban J connectivity index is 2.06. The van der Waals surface area contributed by atoms with Crippen molar-refractivity contribution < 1.29 is 9.13 Å². The van der Waals surface area contributed by atoms with Crippen LogP contribution in [0.1, 0.15) is 13.3 Å². The van der Waals surface area contributed by atoms with Crippen molar-refractivity contribution in [3.05, 3.63) is 0 Å². The lowest BCUT2D eigenvalue weighted by molar-refractivity contribution is 0.0560. The molecule has 10 heavy (non-hydrogen) atoms. The van der Waals surface area contributed by atoms with Gasteiger partial charge in [-0.15, -0.1) is 0 Å². The predicted octanol–water partition coefficient (Wildman–Crippen LogP) is 0.723. The summed E-state index contributed by atoms with van der Waals surface area (Å²) in [6.45, 7) is 2.86. The molecule has 2 nitrogen and oxygen atoms in total. The second-order valence-corrected chi connectivity index (χ2v) is 2.73. The minimum atomic E-state index is -0.370. The summed E-state index contributed by atoms with van der Waals surface area (Å²) in [6.07, 6.45) is 1.26. The Kier molecular flexibility index (Phi) is 3.09. The molecule has 0 saturated carbocycles. The Labute approximate surface area is 60.8 Å². The quantitative estimate of drug-likeness (QED) is 0.635. The van der Waals surface area contributed by atoms with Gasteiger partial charge in [0.15, 0.2) is 0 Å². The fourth-order valence-corrected chi connectivity index (χ4v) is 1.23. The van der Waals surface area contributed by atoms with Crippen LogP contribution in [0.25, 0.3) is 0 Å². The van der Waals surface area contributed by atoms with E-state index >= 15 is 0 Å². The number of ether oxygens (including phenoxy) is 1. The third-order valence-electron chi connectivity index (χ3n) is 1.74. The van der Waals surface area contributed by atoms with Crippen LogP contribution < -0.4 is 5.32 Å². The van der Waals surface area contributed by atoms with E-state index in [1.54, 1.807) is 0 Å². The first-order valence-electron chi connectivity index (χ1n) is 3.74. The fraction of sp³-hybridized carbons (Fsp3) is 1.00. The summed E-state index contributed by atoms with van der Waals surface area (Å²) in [5, 5.41) is 3.23. The maximum absolute atomic E-state index is 11.6. The minimum absolute atomic E-state index is 0.241. The van der Waals surface area contributed by atoms with Crippen LogP contribution in [0.15, 0.2) is 0 Å². The van der Waals surface area contributed by atoms with E-state index in [2.05, 4.69) is 12.2 Å². The predicted molar refractivity (Wildman–Crippen MR) is 37.8 cm³/mol. The zero-order chi connectivity index (χ0) is 7.40. The number of halogens is 1. The van der Waals surface area contributed by atoms with Crippen molar-refractivity contribution in [1.29, 1.82) is 0 Å². The van der Waals surface area contributed by atoms with Crippen LogP contribution >= 0.6 is 0 Å². The molecule has 1 saturated heterocycles. The Morgan fingerprint density at radius 2 is 2.50 bits per heavy atom. The van der Waals surface area contributed by atoms with Crippen LogP contribution in [0, 0.1) is 0 Å². The van der Waals surface area contributed by atoms with Gasteiger partial charge in [-0.2, -0.15) is 0 Å². The molecule has 0 bridgehead atoms. The van der Waals surface area contributed by atoms with E-state index in [-0.39, 0.29) is 19.4 Å². The zero-order valence-electron chi connectivity index (χ0n) is 6.27. The van der Waals surface area contributed by atoms with Crippen molar-refractivity contribution >= 4 is 0 Å². The van der Waals surface area contributed by atoms with Crippen molar-refractivity contribution in [3.8, 4) is 0 Å². The molecule has 2 atom stereocenters. The molecule has 1 aliphatic rings. The van der Waals surface area contributed by atoms with E-state index in [9.17, 15) is 4.39 Å². The Bertz CT molecular complexity index is 99.6. The normalized spacial score (nSPS) is 33.0. The van der Waals surface area contributed by atoms with E-state index in [4.69, 9.17) is 4.74 Å². The molecule has 60 valence electrons. The monoisotopic (exact) mass is 147 g/mol. The third kappa shape index (κ3) is 2.23. The average molecular weight is 147 g/mol. The zero-order valence-corrected chi connectivity index (χ0v) is 6.27. The summed E-state index contributed by atoms with van der Waals surface area (Å²) < 4.78 is 16.8. The second-order valence-electron chi connectivity index (χ2n) is 2.73. The van der Waals surface area contributed by atoms with Gasteiger partial charge in [-0.3, -0.25) is 0 Å². The molecule has 3 heteroatoms. The maximum Gasteiger partial charge on any atom is 0.113 e. The highest BCUT2D eigenvalue weighted by Crippen LogP contribution is 2.08. The van der Waals surface area contributed by atoms with Gasteiger partial charge in [-0.05, 0) is 13.3 Å². The number of alkyl halides is 1. The summed E-state index contributed by atoms with van der Waals surface area (Å²) in [5.74, 6) is 0. The van der Waals surface area contributed by atoms with Crippen LogP contribution in [0.5, 0.6) is 0 Å². The van der Waals surface area contributed by atoms with Crippen molar-refractivity contribution in [2.24, 2.45) is 0 Å². The van der Waals surface area contributed by atoms with Gasteiger partial charge in [0.1, 0.15) is 6.67 Å². The molecule has 1 heterocycles. The van der Waals surface area contributed by atoms with Crippen molar-refractivity contribution in [2.45, 2.75) is 25.5 Å². The molecule has 1 fully saturated rings. The van der Waals surface area contributed by atoms with Crippen molar-refractivity contribution in [1.82, 2.24) is 5.32 Å². The molecule has 0 spiro atoms. The van der Waals surface area contributed by atoms with Crippen molar-refractivity contribution in [2.75, 3.05) is 19.8 Å². The van der Waals surface area contributed by atoms with Crippen LogP contribution in [0.3, 0.4) is 0 Å². The van der Waals surface area contributed by atoms with Gasteiger partial charge < -0.3 is 10.1 Å². The van der Waals surface area contributed by atoms with E-state index < -0.39 is 0 Å². The Morgan fingerprint density at radius 3 is 3.00 bits per heavy atom. The average Bonchev–Trinajstić information content (AvgIpc) is 2.31. The molecule has 1 aliphatic heterocycles. The molecule has 0 aromatic carbocycles. The van der Waals surface area contributed by atoms with E-state index in [0.29, 0.717) is 6.04 Å². The number of rotatable bonds is 3. The summed E-state index contributed by atoms with van der Waals surface area (Å²) in [5.41, 5.74) is 0. The standard InChI is InChI=1S/C7H14FNO/c1-6-4-7(5-9-6)10-3-2-8/h6-7,9H,2-5H2,1H3/t6-,7+/m1/s1. The Morgan fingerprint density at radius 1 is 1.70 bits per heavy atom. The van der Waals surface area contributed by atoms with Crippen LogP contribution in [0.4, 0.5) is 4.39 Å². The number of hydrogen-bond acceptors (Lipinski definition) is 2. The van der Waals surface area contributed by atoms with E-state index in [1.165, 1.54) is 0 Å². The largest absolute Gasteiger partial charge is 0.374 e. The van der Waals surface area contributed by atoms with E-state index in [1.807, 2.05) is 0 Å². The molecule has 0 radical (unpaired) electrons. The summed E-state index contributed by atoms with van der Waals surface area (Å²) >= 11 is 0. The summed E-state index contributed by atoms with van der Waals surface area (Å²) in [4.78, 5) is 0. The topological polar surface area (TPSA) is 21.3 Å². The number of nitrogens with one attached hydrogen (secondary N) is 1. The molecule has 0 aromatic rings. The highest BCUT2D eigenvalue weighted by molar-refractivity contribution is 4.78. The lowest BCUT2D eigenvalue weighted by Crippen LogP contribution is -2.19. The highest BCUT2D eigenvalue weighted by atomic mass is 19.1. The molecule has 1 N–H and O–H groups in total. The smallest absolute Gasteiger partial charge is 0.113 e. The molecule has 0 aliphatic carbocycles. The highest BCUT2D eigenvalue weighted by Gasteiger charge is 2.20. The minimum Gasteiger partial charge on any atom is -0.374 e. The van der Waals surface area contributed by atoms with Gasteiger partial charge >= 0.3 is 0 Å². The SMILES string of the molecule is C[C@@H]1C[C@H](OCCF)CN1. The summed E-state index contributed by atoms with van der Waals surface area (Å²) in [6, 6.07) is 0.532. The number of hydrogen-bond donors (Lipinski definition) is 1. The lowest BCUT2D eigenvalue weighted by Gasteiger charge is -2.07. The van der Waals surface area contributed by atoms with Gasteiger partial charge in [0, 0.05) is 12.6 Å². The van der Waals surface area contributed by atoms with Crippen LogP contribution in [-0.4, -0.2) is 32.0 Å². The van der Waals surface area contributed by atoms with Gasteiger partial charge in [-0.1, -0.05) is 0 Å². The second kappa shape index (κ2) is 3.88. The third-order valence-corrected chi connectivity index (χ3v) is 1.74. The van der Waals surface area contributed by atoms with Crippen LogP contribution in [0.2, 0.25) is 0 Å². The van der Waals surface area contributed by atoms with Gasteiger partial charge in [0.2, 0.25) is 0 Å². The van der Waals surface area contributed by atoms with Gasteiger partial charge in [0.05, 0.1) is 12.7 Å². The Hall–Kier alpha value is -0.150. The first kappa shape index (κ1) is 7.95. The molecule has 0 unspecified atom stereocenters. The molecular weight excluding hydrogens is 133 g/mol. The van der Waals surface area contributed by atoms with Crippen molar-refractivity contribution in [3.63, 3.8) is 0 Å². The first-order valence-corrected chi connectivity index (χ1v) is 3.74. The summed E-state index contributed by atoms with van der Waals surface area (Å²) in [7, 11) is 0. The van der Waals surface area contributed by atoms with E-state index in [0.717, 1.165) is 13.0 Å². The molecule has 0 amide bonds. The fourth-order valence-electron chi connectivity index (χ4n) is 1.23. The molecule has 1 rings (SSSR count). The van der Waals surface area contributed by atoms with Gasteiger partial charge in [0.25, 0.3) is 0 Å². The van der Waals surface area contributed by atoms with Gasteiger partial charge in [-0.25, -0.2) is 4.39 Å². The molecule has 0 aromatic heterocycles. The van der Waals surface area contributed by atoms with Crippen LogP contribution in [-0.2, 0) is 4.74 Å².